The minimum Gasteiger partial charge on any atom is -0.309 e. The van der Waals surface area contributed by atoms with Crippen molar-refractivity contribution in [3.05, 3.63) is 255 Å². The van der Waals surface area contributed by atoms with Gasteiger partial charge in [-0.25, -0.2) is 9.97 Å². The zero-order valence-corrected chi connectivity index (χ0v) is 37.0. The first kappa shape index (κ1) is 39.3. The van der Waals surface area contributed by atoms with E-state index in [9.17, 15) is 0 Å². The molecule has 318 valence electrons. The molecule has 0 radical (unpaired) electrons. The van der Waals surface area contributed by atoms with E-state index in [1.807, 2.05) is 18.3 Å². The smallest absolute Gasteiger partial charge is 0.159 e. The summed E-state index contributed by atoms with van der Waals surface area (Å²) in [5.74, 6) is 0.698. The zero-order valence-electron chi connectivity index (χ0n) is 37.0. The molecule has 0 aliphatic heterocycles. The number of rotatable bonds is 8. The molecule has 68 heavy (non-hydrogen) atoms. The highest BCUT2D eigenvalue weighted by atomic mass is 15.0. The van der Waals surface area contributed by atoms with Crippen LogP contribution in [0, 0.1) is 0 Å². The van der Waals surface area contributed by atoms with Gasteiger partial charge in [0.05, 0.1) is 27.8 Å². The minimum absolute atomic E-state index is 0.698. The van der Waals surface area contributed by atoms with Crippen LogP contribution >= 0.6 is 0 Å². The molecule has 3 aromatic heterocycles. The highest BCUT2D eigenvalue weighted by Crippen LogP contribution is 2.39. The van der Waals surface area contributed by atoms with Crippen LogP contribution in [0.5, 0.6) is 0 Å². The molecule has 0 fully saturated rings. The van der Waals surface area contributed by atoms with Crippen molar-refractivity contribution >= 4 is 43.6 Å². The Morgan fingerprint density at radius 1 is 0.265 bits per heavy atom. The maximum absolute atomic E-state index is 5.10. The van der Waals surface area contributed by atoms with Gasteiger partial charge in [-0.05, 0) is 105 Å². The van der Waals surface area contributed by atoms with Gasteiger partial charge in [0, 0.05) is 50.2 Å². The van der Waals surface area contributed by atoms with Crippen LogP contribution in [0.2, 0.25) is 0 Å². The van der Waals surface area contributed by atoms with Gasteiger partial charge >= 0.3 is 0 Å². The molecule has 0 saturated heterocycles. The van der Waals surface area contributed by atoms with Crippen LogP contribution in [-0.2, 0) is 0 Å². The average molecular weight is 867 g/mol. The second kappa shape index (κ2) is 16.4. The first-order valence-electron chi connectivity index (χ1n) is 23.1. The summed E-state index contributed by atoms with van der Waals surface area (Å²) in [5.41, 5.74) is 19.4. The first-order chi connectivity index (χ1) is 33.7. The molecule has 4 heteroatoms. The Kier molecular flexibility index (Phi) is 9.47. The fraction of sp³-hybridized carbons (Fsp3) is 0. The molecule has 3 heterocycles. The Balaban J connectivity index is 0.792. The summed E-state index contributed by atoms with van der Waals surface area (Å²) < 4.78 is 4.78. The van der Waals surface area contributed by atoms with E-state index in [-0.39, 0.29) is 0 Å². The molecule has 0 aliphatic carbocycles. The van der Waals surface area contributed by atoms with E-state index in [1.165, 1.54) is 65.9 Å². The van der Waals surface area contributed by atoms with Crippen molar-refractivity contribution < 1.29 is 0 Å². The highest BCUT2D eigenvalue weighted by Gasteiger charge is 2.17. The largest absolute Gasteiger partial charge is 0.309 e. The average Bonchev–Trinajstić information content (AvgIpc) is 3.94. The van der Waals surface area contributed by atoms with Gasteiger partial charge in [0.1, 0.15) is 0 Å². The fourth-order valence-electron chi connectivity index (χ4n) is 10.1. The third kappa shape index (κ3) is 6.78. The molecule has 13 rings (SSSR count). The van der Waals surface area contributed by atoms with Crippen molar-refractivity contribution in [2.24, 2.45) is 0 Å². The number of aromatic nitrogens is 4. The highest BCUT2D eigenvalue weighted by molar-refractivity contribution is 6.12. The van der Waals surface area contributed by atoms with Crippen molar-refractivity contribution in [3.63, 3.8) is 0 Å². The van der Waals surface area contributed by atoms with E-state index in [0.717, 1.165) is 50.4 Å². The Morgan fingerprint density at radius 3 is 1.43 bits per heavy atom. The van der Waals surface area contributed by atoms with E-state index >= 15 is 0 Å². The Labute approximate surface area is 394 Å². The van der Waals surface area contributed by atoms with Crippen LogP contribution in [0.25, 0.3) is 122 Å². The van der Waals surface area contributed by atoms with Gasteiger partial charge in [-0.15, -0.1) is 0 Å². The summed E-state index contributed by atoms with van der Waals surface area (Å²) in [6, 6.07) is 89.2. The molecule has 13 aromatic rings. The molecule has 0 unspecified atom stereocenters. The van der Waals surface area contributed by atoms with E-state index < -0.39 is 0 Å². The predicted octanol–water partition coefficient (Wildman–Crippen LogP) is 16.7. The first-order valence-corrected chi connectivity index (χ1v) is 23.1. The van der Waals surface area contributed by atoms with Gasteiger partial charge in [-0.2, -0.15) is 0 Å². The molecule has 0 N–H and O–H groups in total. The summed E-state index contributed by atoms with van der Waals surface area (Å²) in [5, 5.41) is 4.98. The van der Waals surface area contributed by atoms with Gasteiger partial charge in [-0.1, -0.05) is 188 Å². The molecule has 4 nitrogen and oxygen atoms in total. The lowest BCUT2D eigenvalue weighted by Crippen LogP contribution is -1.94. The predicted molar refractivity (Wildman–Crippen MR) is 283 cm³/mol. The van der Waals surface area contributed by atoms with Gasteiger partial charge in [-0.3, -0.25) is 0 Å². The van der Waals surface area contributed by atoms with Crippen LogP contribution < -0.4 is 0 Å². The Bertz CT molecular complexity index is 3980. The molecular formula is C64H42N4. The Hall–Kier alpha value is -9.12. The van der Waals surface area contributed by atoms with E-state index in [2.05, 4.69) is 246 Å². The van der Waals surface area contributed by atoms with Gasteiger partial charge in [0.25, 0.3) is 0 Å². The Morgan fingerprint density at radius 2 is 0.721 bits per heavy atom. The molecule has 10 aromatic carbocycles. The number of benzene rings is 10. The normalized spacial score (nSPS) is 11.5. The minimum atomic E-state index is 0.698. The second-order valence-corrected chi connectivity index (χ2v) is 17.4. The lowest BCUT2D eigenvalue weighted by molar-refractivity contribution is 1.18. The lowest BCUT2D eigenvalue weighted by atomic mass is 9.95. The molecular weight excluding hydrogens is 825 g/mol. The van der Waals surface area contributed by atoms with Crippen molar-refractivity contribution in [1.29, 1.82) is 0 Å². The van der Waals surface area contributed by atoms with Crippen molar-refractivity contribution in [3.8, 4) is 78.5 Å². The van der Waals surface area contributed by atoms with Crippen molar-refractivity contribution in [1.82, 2.24) is 19.1 Å². The van der Waals surface area contributed by atoms with Gasteiger partial charge in [0.2, 0.25) is 0 Å². The number of fused-ring (bicyclic) bond motifs is 6. The van der Waals surface area contributed by atoms with Crippen LogP contribution in [0.15, 0.2) is 255 Å². The summed E-state index contributed by atoms with van der Waals surface area (Å²) in [7, 11) is 0. The van der Waals surface area contributed by atoms with Crippen molar-refractivity contribution in [2.75, 3.05) is 0 Å². The molecule has 0 atom stereocenters. The second-order valence-electron chi connectivity index (χ2n) is 17.4. The fourth-order valence-corrected chi connectivity index (χ4v) is 10.1. The molecule has 0 bridgehead atoms. The maximum Gasteiger partial charge on any atom is 0.159 e. The zero-order chi connectivity index (χ0) is 45.0. The van der Waals surface area contributed by atoms with E-state index in [4.69, 9.17) is 9.97 Å². The summed E-state index contributed by atoms with van der Waals surface area (Å²) in [4.78, 5) is 9.82. The maximum atomic E-state index is 5.10. The molecule has 0 spiro atoms. The van der Waals surface area contributed by atoms with Gasteiger partial charge in [0.15, 0.2) is 5.82 Å². The molecule has 0 amide bonds. The summed E-state index contributed by atoms with van der Waals surface area (Å²) >= 11 is 0. The standard InChI is InChI=1S/C64H42N4/c1-3-13-43(14-4-1)44-23-27-47(28-24-44)53-17-7-8-18-54(53)59-39-40-65-64(66-59)48-29-25-45(26-30-48)46-31-35-52(36-32-46)67-61-22-12-10-20-56(61)58-41-49(34-38-62(58)67)50-33-37-57-55-19-9-11-21-60(55)68(63(57)42-50)51-15-5-2-6-16-51/h1-42H. The van der Waals surface area contributed by atoms with Gasteiger partial charge < -0.3 is 9.13 Å². The summed E-state index contributed by atoms with van der Waals surface area (Å²) in [6.07, 6.45) is 1.86. The molecule has 0 saturated carbocycles. The number of para-hydroxylation sites is 3. The van der Waals surface area contributed by atoms with Crippen LogP contribution in [0.3, 0.4) is 0 Å². The number of nitrogens with zero attached hydrogens (tertiary/aromatic N) is 4. The van der Waals surface area contributed by atoms with E-state index in [0.29, 0.717) is 5.82 Å². The number of hydrogen-bond donors (Lipinski definition) is 0. The molecule has 0 aliphatic rings. The topological polar surface area (TPSA) is 35.6 Å². The number of hydrogen-bond acceptors (Lipinski definition) is 2. The third-order valence-corrected chi connectivity index (χ3v) is 13.5. The lowest BCUT2D eigenvalue weighted by Gasteiger charge is -2.12. The summed E-state index contributed by atoms with van der Waals surface area (Å²) in [6.45, 7) is 0. The quantitative estimate of drug-likeness (QED) is 0.153. The third-order valence-electron chi connectivity index (χ3n) is 13.5. The van der Waals surface area contributed by atoms with E-state index in [1.54, 1.807) is 0 Å². The van der Waals surface area contributed by atoms with Crippen LogP contribution in [-0.4, -0.2) is 19.1 Å². The monoisotopic (exact) mass is 866 g/mol. The van der Waals surface area contributed by atoms with Crippen LogP contribution in [0.4, 0.5) is 0 Å². The van der Waals surface area contributed by atoms with Crippen LogP contribution in [0.1, 0.15) is 0 Å². The van der Waals surface area contributed by atoms with Crippen molar-refractivity contribution in [2.45, 2.75) is 0 Å². The SMILES string of the molecule is c1ccc(-c2ccc(-c3ccccc3-c3ccnc(-c4ccc(-c5ccc(-n6c7ccccc7c7cc(-c8ccc9c%10ccccc%10n(-c%10ccccc%10)c9c8)ccc76)cc5)cc4)n3)cc2)cc1.